The number of nitrogens with zero attached hydrogens (tertiary/aromatic N) is 2. The largest absolute Gasteiger partial charge is 0.508 e. The van der Waals surface area contributed by atoms with Gasteiger partial charge in [-0.15, -0.1) is 0 Å². The summed E-state index contributed by atoms with van der Waals surface area (Å²) in [5.41, 5.74) is 1.13. The van der Waals surface area contributed by atoms with Gasteiger partial charge < -0.3 is 29.2 Å². The Bertz CT molecular complexity index is 1010. The highest BCUT2D eigenvalue weighted by atomic mass is 16.7. The number of phenolic OH excluding ortho intramolecular Hbond substituents is 2. The van der Waals surface area contributed by atoms with Gasteiger partial charge in [0.2, 0.25) is 13.6 Å². The van der Waals surface area contributed by atoms with Crippen molar-refractivity contribution in [1.82, 2.24) is 9.80 Å². The van der Waals surface area contributed by atoms with Crippen LogP contribution < -0.4 is 0 Å². The van der Waals surface area contributed by atoms with E-state index in [4.69, 9.17) is 9.47 Å². The van der Waals surface area contributed by atoms with Crippen LogP contribution in [0.3, 0.4) is 0 Å². The summed E-state index contributed by atoms with van der Waals surface area (Å²) < 4.78 is 19.2. The number of carbonyl (C=O) groups is 4. The number of esters is 4. The summed E-state index contributed by atoms with van der Waals surface area (Å²) in [5, 5.41) is 20.4. The lowest BCUT2D eigenvalue weighted by atomic mass is 10.1. The average molecular weight is 533 g/mol. The third-order valence-corrected chi connectivity index (χ3v) is 5.17. The third kappa shape index (κ3) is 11.7. The molecule has 0 amide bonds. The molecule has 0 spiro atoms. The molecule has 0 unspecified atom stereocenters. The lowest BCUT2D eigenvalue weighted by molar-refractivity contribution is -0.168. The molecule has 2 aromatic carbocycles. The Balaban J connectivity index is 2.12. The highest BCUT2D eigenvalue weighted by molar-refractivity contribution is 5.72. The Morgan fingerprint density at radius 3 is 1.34 bits per heavy atom. The number of benzene rings is 2. The van der Waals surface area contributed by atoms with Gasteiger partial charge in [-0.05, 0) is 12.1 Å². The number of hydrogen-bond donors (Lipinski definition) is 2. The van der Waals surface area contributed by atoms with E-state index in [0.717, 1.165) is 0 Å². The fourth-order valence-corrected chi connectivity index (χ4v) is 3.29. The van der Waals surface area contributed by atoms with Crippen LogP contribution in [0.4, 0.5) is 0 Å². The minimum absolute atomic E-state index is 0.0471. The van der Waals surface area contributed by atoms with Crippen molar-refractivity contribution in [3.8, 4) is 11.5 Å². The maximum atomic E-state index is 12.4. The van der Waals surface area contributed by atoms with Crippen LogP contribution in [-0.2, 0) is 51.2 Å². The Morgan fingerprint density at radius 1 is 0.632 bits per heavy atom. The van der Waals surface area contributed by atoms with E-state index in [0.29, 0.717) is 11.1 Å². The SMILES string of the molecule is CC(=O)OCOC(=O)CN(CCN(CC(=O)OCOC(C)=O)Cc1ccccc1O)Cc1ccccc1O. The lowest BCUT2D eigenvalue weighted by Gasteiger charge is -2.27. The number of hydrogen-bond acceptors (Lipinski definition) is 12. The molecule has 206 valence electrons. The fourth-order valence-electron chi connectivity index (χ4n) is 3.29. The molecule has 12 heteroatoms. The summed E-state index contributed by atoms with van der Waals surface area (Å²) in [6, 6.07) is 13.3. The van der Waals surface area contributed by atoms with Gasteiger partial charge in [-0.2, -0.15) is 0 Å². The van der Waals surface area contributed by atoms with Crippen molar-refractivity contribution in [2.75, 3.05) is 39.8 Å². The second-order valence-electron chi connectivity index (χ2n) is 8.22. The molecular weight excluding hydrogens is 500 g/mol. The van der Waals surface area contributed by atoms with Crippen LogP contribution in [-0.4, -0.2) is 83.7 Å². The van der Waals surface area contributed by atoms with Gasteiger partial charge >= 0.3 is 23.9 Å². The molecule has 0 radical (unpaired) electrons. The summed E-state index contributed by atoms with van der Waals surface area (Å²) in [4.78, 5) is 50.0. The van der Waals surface area contributed by atoms with Crippen LogP contribution in [0.25, 0.3) is 0 Å². The van der Waals surface area contributed by atoms with Gasteiger partial charge in [-0.1, -0.05) is 36.4 Å². The van der Waals surface area contributed by atoms with Crippen molar-refractivity contribution in [2.45, 2.75) is 26.9 Å². The quantitative estimate of drug-likeness (QED) is 0.253. The van der Waals surface area contributed by atoms with E-state index < -0.39 is 37.5 Å². The van der Waals surface area contributed by atoms with E-state index in [9.17, 15) is 29.4 Å². The maximum Gasteiger partial charge on any atom is 0.323 e. The number of ether oxygens (including phenoxy) is 4. The van der Waals surface area contributed by atoms with E-state index >= 15 is 0 Å². The van der Waals surface area contributed by atoms with Crippen molar-refractivity contribution in [1.29, 1.82) is 0 Å². The zero-order valence-corrected chi connectivity index (χ0v) is 21.3. The highest BCUT2D eigenvalue weighted by Gasteiger charge is 2.19. The molecule has 0 aliphatic rings. The Morgan fingerprint density at radius 2 is 1.00 bits per heavy atom. The number of para-hydroxylation sites is 2. The molecule has 0 heterocycles. The van der Waals surface area contributed by atoms with Crippen molar-refractivity contribution in [3.63, 3.8) is 0 Å². The topological polar surface area (TPSA) is 152 Å². The Kier molecular flexibility index (Phi) is 12.5. The predicted molar refractivity (Wildman–Crippen MR) is 132 cm³/mol. The minimum atomic E-state index is -0.658. The van der Waals surface area contributed by atoms with Crippen LogP contribution in [0.1, 0.15) is 25.0 Å². The van der Waals surface area contributed by atoms with Crippen LogP contribution in [0.15, 0.2) is 48.5 Å². The van der Waals surface area contributed by atoms with E-state index in [1.165, 1.54) is 26.0 Å². The van der Waals surface area contributed by atoms with E-state index in [1.807, 2.05) is 0 Å². The molecule has 2 aromatic rings. The van der Waals surface area contributed by atoms with Gasteiger partial charge in [0.25, 0.3) is 0 Å². The first-order valence-corrected chi connectivity index (χ1v) is 11.7. The summed E-state index contributed by atoms with van der Waals surface area (Å²) in [5.74, 6) is -2.41. The van der Waals surface area contributed by atoms with Gasteiger partial charge in [-0.3, -0.25) is 29.0 Å². The van der Waals surface area contributed by atoms with Crippen LogP contribution in [0, 0.1) is 0 Å². The van der Waals surface area contributed by atoms with Crippen LogP contribution in [0.5, 0.6) is 11.5 Å². The third-order valence-electron chi connectivity index (χ3n) is 5.17. The van der Waals surface area contributed by atoms with E-state index in [-0.39, 0.29) is 50.8 Å². The molecule has 0 aliphatic heterocycles. The molecule has 0 aromatic heterocycles. The van der Waals surface area contributed by atoms with Crippen molar-refractivity contribution in [2.24, 2.45) is 0 Å². The van der Waals surface area contributed by atoms with Crippen LogP contribution >= 0.6 is 0 Å². The molecule has 2 N–H and O–H groups in total. The highest BCUT2D eigenvalue weighted by Crippen LogP contribution is 2.19. The monoisotopic (exact) mass is 532 g/mol. The zero-order chi connectivity index (χ0) is 27.9. The number of phenols is 2. The average Bonchev–Trinajstić information content (AvgIpc) is 2.84. The summed E-state index contributed by atoms with van der Waals surface area (Å²) >= 11 is 0. The number of carbonyl (C=O) groups excluding carboxylic acids is 4. The first-order valence-electron chi connectivity index (χ1n) is 11.7. The molecule has 0 saturated heterocycles. The van der Waals surface area contributed by atoms with Crippen molar-refractivity contribution in [3.05, 3.63) is 59.7 Å². The molecule has 0 saturated carbocycles. The number of rotatable bonds is 15. The summed E-state index contributed by atoms with van der Waals surface area (Å²) in [6.07, 6.45) is 0. The molecular formula is C26H32N2O10. The van der Waals surface area contributed by atoms with Gasteiger partial charge in [0.15, 0.2) is 0 Å². The van der Waals surface area contributed by atoms with Gasteiger partial charge in [-0.25, -0.2) is 0 Å². The van der Waals surface area contributed by atoms with Crippen LogP contribution in [0.2, 0.25) is 0 Å². The first kappa shape index (κ1) is 30.1. The second-order valence-corrected chi connectivity index (χ2v) is 8.22. The lowest BCUT2D eigenvalue weighted by Crippen LogP contribution is -2.40. The second kappa shape index (κ2) is 15.8. The van der Waals surface area contributed by atoms with E-state index in [1.54, 1.807) is 46.2 Å². The minimum Gasteiger partial charge on any atom is -0.508 e. The first-order chi connectivity index (χ1) is 18.1. The summed E-state index contributed by atoms with van der Waals surface area (Å²) in [6.45, 7) is 1.77. The van der Waals surface area contributed by atoms with Gasteiger partial charge in [0, 0.05) is 51.2 Å². The molecule has 12 nitrogen and oxygen atoms in total. The number of aromatic hydroxyl groups is 2. The standard InChI is InChI=1S/C26H32N2O10/c1-19(29)35-17-37-25(33)15-27(13-21-7-3-5-9-23(21)31)11-12-28(14-22-8-4-6-10-24(22)32)16-26(34)38-18-36-20(2)30/h3-10,31-32H,11-18H2,1-2H3. The Hall–Kier alpha value is -4.16. The normalized spacial score (nSPS) is 10.7. The Labute approximate surface area is 220 Å². The smallest absolute Gasteiger partial charge is 0.323 e. The van der Waals surface area contributed by atoms with Crippen molar-refractivity contribution >= 4 is 23.9 Å². The molecule has 38 heavy (non-hydrogen) atoms. The molecule has 0 aliphatic carbocycles. The summed E-state index contributed by atoms with van der Waals surface area (Å²) in [7, 11) is 0. The zero-order valence-electron chi connectivity index (χ0n) is 21.3. The fraction of sp³-hybridized carbons (Fsp3) is 0.385. The van der Waals surface area contributed by atoms with Gasteiger partial charge in [0.05, 0.1) is 13.1 Å². The molecule has 0 atom stereocenters. The molecule has 0 fully saturated rings. The van der Waals surface area contributed by atoms with E-state index in [2.05, 4.69) is 9.47 Å². The molecule has 0 bridgehead atoms. The van der Waals surface area contributed by atoms with Gasteiger partial charge in [0.1, 0.15) is 11.5 Å². The molecule has 2 rings (SSSR count). The maximum absolute atomic E-state index is 12.4. The predicted octanol–water partition coefficient (Wildman–Crippen LogP) is 1.53. The van der Waals surface area contributed by atoms with Crippen molar-refractivity contribution < 1.29 is 48.3 Å².